The Morgan fingerprint density at radius 3 is 2.62 bits per heavy atom. The van der Waals surface area contributed by atoms with Crippen molar-refractivity contribution in [3.63, 3.8) is 0 Å². The quantitative estimate of drug-likeness (QED) is 0.826. The molecule has 2 aromatic rings. The van der Waals surface area contributed by atoms with E-state index in [0.717, 1.165) is 27.9 Å². The summed E-state index contributed by atoms with van der Waals surface area (Å²) in [5.41, 5.74) is 1.90. The van der Waals surface area contributed by atoms with E-state index in [1.807, 2.05) is 24.3 Å². The molecule has 7 heteroatoms. The summed E-state index contributed by atoms with van der Waals surface area (Å²) in [6.07, 6.45) is 1.55. The summed E-state index contributed by atoms with van der Waals surface area (Å²) in [5, 5.41) is 9.13. The van der Waals surface area contributed by atoms with Gasteiger partial charge in [-0.3, -0.25) is 14.4 Å². The van der Waals surface area contributed by atoms with Gasteiger partial charge >= 0.3 is 0 Å². The Labute approximate surface area is 153 Å². The molecule has 1 atom stereocenters. The van der Waals surface area contributed by atoms with Crippen molar-refractivity contribution in [2.75, 3.05) is 16.8 Å². The average Bonchev–Trinajstić information content (AvgIpc) is 3.04. The Morgan fingerprint density at radius 2 is 1.85 bits per heavy atom. The molecular weight excluding hydrogens is 352 g/mol. The molecule has 2 aromatic carbocycles. The van der Waals surface area contributed by atoms with E-state index >= 15 is 0 Å². The highest BCUT2D eigenvalue weighted by molar-refractivity contribution is 8.18. The fourth-order valence-electron chi connectivity index (χ4n) is 3.17. The number of hydrogen-bond donors (Lipinski definition) is 1. The van der Waals surface area contributed by atoms with Gasteiger partial charge in [-0.25, -0.2) is 4.90 Å². The second kappa shape index (κ2) is 6.03. The van der Waals surface area contributed by atoms with Crippen LogP contribution in [0, 0.1) is 0 Å². The third kappa shape index (κ3) is 2.48. The maximum Gasteiger partial charge on any atom is 0.298 e. The van der Waals surface area contributed by atoms with E-state index in [-0.39, 0.29) is 16.6 Å². The summed E-state index contributed by atoms with van der Waals surface area (Å²) in [6.45, 7) is 0. The van der Waals surface area contributed by atoms with Gasteiger partial charge in [-0.05, 0) is 41.6 Å². The van der Waals surface area contributed by atoms with Crippen LogP contribution in [-0.2, 0) is 9.59 Å². The first kappa shape index (κ1) is 16.4. The van der Waals surface area contributed by atoms with Crippen molar-refractivity contribution in [2.45, 2.75) is 5.92 Å². The maximum atomic E-state index is 12.7. The van der Waals surface area contributed by atoms with Crippen LogP contribution >= 0.6 is 11.8 Å². The molecule has 2 aliphatic rings. The molecule has 26 heavy (non-hydrogen) atoms. The van der Waals surface area contributed by atoms with Gasteiger partial charge in [0.15, 0.2) is 0 Å². The van der Waals surface area contributed by atoms with Crippen LogP contribution in [0.1, 0.15) is 11.5 Å². The summed E-state index contributed by atoms with van der Waals surface area (Å²) in [5.74, 6) is -1.27. The molecule has 0 saturated carbocycles. The molecule has 6 nitrogen and oxygen atoms in total. The monoisotopic (exact) mass is 366 g/mol. The number of phenols is 1. The van der Waals surface area contributed by atoms with Gasteiger partial charge in [-0.15, -0.1) is 0 Å². The number of carbonyl (C=O) groups excluding carboxylic acids is 3. The second-order valence-corrected chi connectivity index (χ2v) is 6.99. The lowest BCUT2D eigenvalue weighted by molar-refractivity contribution is -0.118. The minimum atomic E-state index is -0.598. The number of amides is 3. The molecule has 0 bridgehead atoms. The highest BCUT2D eigenvalue weighted by Crippen LogP contribution is 2.41. The van der Waals surface area contributed by atoms with E-state index in [4.69, 9.17) is 0 Å². The van der Waals surface area contributed by atoms with Gasteiger partial charge in [0.2, 0.25) is 5.91 Å². The molecule has 0 aliphatic carbocycles. The zero-order valence-corrected chi connectivity index (χ0v) is 14.6. The molecule has 4 rings (SSSR count). The Bertz CT molecular complexity index is 985. The van der Waals surface area contributed by atoms with Gasteiger partial charge in [-0.2, -0.15) is 0 Å². The van der Waals surface area contributed by atoms with Crippen LogP contribution in [0.15, 0.2) is 59.5 Å². The minimum Gasteiger partial charge on any atom is -0.508 e. The van der Waals surface area contributed by atoms with Gasteiger partial charge in [-0.1, -0.05) is 24.3 Å². The predicted molar refractivity (Wildman–Crippen MR) is 99.3 cm³/mol. The highest BCUT2D eigenvalue weighted by Gasteiger charge is 2.40. The lowest BCUT2D eigenvalue weighted by Gasteiger charge is -2.12. The number of carbonyl (C=O) groups is 3. The minimum absolute atomic E-state index is 0.0351. The number of nitrogens with zero attached hydrogens (tertiary/aromatic N) is 2. The summed E-state index contributed by atoms with van der Waals surface area (Å²) in [4.78, 5) is 40.4. The predicted octanol–water partition coefficient (Wildman–Crippen LogP) is 3.24. The van der Waals surface area contributed by atoms with E-state index < -0.39 is 17.1 Å². The van der Waals surface area contributed by atoms with E-state index in [1.165, 1.54) is 12.1 Å². The largest absolute Gasteiger partial charge is 0.508 e. The molecule has 1 unspecified atom stereocenters. The van der Waals surface area contributed by atoms with Crippen molar-refractivity contribution >= 4 is 40.2 Å². The Kier molecular flexibility index (Phi) is 3.81. The first-order valence-electron chi connectivity index (χ1n) is 7.91. The van der Waals surface area contributed by atoms with Crippen LogP contribution in [0.3, 0.4) is 0 Å². The topological polar surface area (TPSA) is 77.9 Å². The molecule has 1 fully saturated rings. The van der Waals surface area contributed by atoms with Crippen molar-refractivity contribution in [2.24, 2.45) is 0 Å². The number of phenolic OH excluding ortho intramolecular Hbond substituents is 1. The molecule has 3 amide bonds. The van der Waals surface area contributed by atoms with Gasteiger partial charge in [0.25, 0.3) is 11.1 Å². The van der Waals surface area contributed by atoms with Gasteiger partial charge in [0, 0.05) is 18.8 Å². The Morgan fingerprint density at radius 1 is 1.08 bits per heavy atom. The van der Waals surface area contributed by atoms with Crippen LogP contribution in [-0.4, -0.2) is 29.2 Å². The maximum absolute atomic E-state index is 12.7. The first-order chi connectivity index (χ1) is 12.5. The number of thioether (sulfide) groups is 1. The van der Waals surface area contributed by atoms with Crippen LogP contribution in [0.4, 0.5) is 16.2 Å². The SMILES string of the molecule is CN1C(=O)C(/C=C2\SC(=O)N(c3cccc(O)c3)C2=O)c2ccccc21. The van der Waals surface area contributed by atoms with Crippen LogP contribution in [0.2, 0.25) is 0 Å². The van der Waals surface area contributed by atoms with Crippen molar-refractivity contribution in [1.82, 2.24) is 0 Å². The van der Waals surface area contributed by atoms with E-state index in [2.05, 4.69) is 0 Å². The van der Waals surface area contributed by atoms with Gasteiger partial charge in [0.1, 0.15) is 5.75 Å². The van der Waals surface area contributed by atoms with Crippen LogP contribution in [0.25, 0.3) is 0 Å². The van der Waals surface area contributed by atoms with Crippen molar-refractivity contribution in [1.29, 1.82) is 0 Å². The van der Waals surface area contributed by atoms with Crippen molar-refractivity contribution < 1.29 is 19.5 Å². The van der Waals surface area contributed by atoms with Crippen molar-refractivity contribution in [3.05, 3.63) is 65.1 Å². The number of imide groups is 1. The zero-order chi connectivity index (χ0) is 18.4. The summed E-state index contributed by atoms with van der Waals surface area (Å²) >= 11 is 0.793. The standard InChI is InChI=1S/C19H14N2O4S/c1-20-15-8-3-2-7-13(15)14(17(20)23)10-16-18(24)21(19(25)26-16)11-5-4-6-12(22)9-11/h2-10,14,22H,1H3/b16-10-. The third-order valence-corrected chi connectivity index (χ3v) is 5.32. The number of benzene rings is 2. The molecule has 0 aromatic heterocycles. The summed E-state index contributed by atoms with van der Waals surface area (Å²) in [7, 11) is 1.69. The molecule has 0 radical (unpaired) electrons. The number of rotatable bonds is 2. The Hall–Kier alpha value is -3.06. The van der Waals surface area contributed by atoms with Gasteiger partial charge < -0.3 is 10.0 Å². The normalized spacial score (nSPS) is 21.0. The molecule has 2 heterocycles. The number of para-hydroxylation sites is 1. The molecule has 0 spiro atoms. The number of anilines is 2. The highest BCUT2D eigenvalue weighted by atomic mass is 32.2. The third-order valence-electron chi connectivity index (χ3n) is 4.43. The van der Waals surface area contributed by atoms with Crippen LogP contribution in [0.5, 0.6) is 5.75 Å². The molecule has 1 saturated heterocycles. The Balaban J connectivity index is 1.70. The number of hydrogen-bond acceptors (Lipinski definition) is 5. The second-order valence-electron chi connectivity index (χ2n) is 5.99. The lowest BCUT2D eigenvalue weighted by Crippen LogP contribution is -2.28. The van der Waals surface area contributed by atoms with Gasteiger partial charge in [0.05, 0.1) is 16.5 Å². The van der Waals surface area contributed by atoms with E-state index in [0.29, 0.717) is 5.69 Å². The zero-order valence-electron chi connectivity index (χ0n) is 13.7. The number of aromatic hydroxyl groups is 1. The lowest BCUT2D eigenvalue weighted by atomic mass is 10.00. The fourth-order valence-corrected chi connectivity index (χ4v) is 4.02. The molecule has 130 valence electrons. The summed E-state index contributed by atoms with van der Waals surface area (Å²) < 4.78 is 0. The van der Waals surface area contributed by atoms with E-state index in [1.54, 1.807) is 30.2 Å². The average molecular weight is 366 g/mol. The summed E-state index contributed by atoms with van der Waals surface area (Å²) in [6, 6.07) is 13.3. The molecule has 1 N–H and O–H groups in total. The number of likely N-dealkylation sites (N-methyl/N-ethyl adjacent to an activating group) is 1. The number of fused-ring (bicyclic) bond motifs is 1. The van der Waals surface area contributed by atoms with Crippen molar-refractivity contribution in [3.8, 4) is 5.75 Å². The smallest absolute Gasteiger partial charge is 0.298 e. The van der Waals surface area contributed by atoms with Crippen LogP contribution < -0.4 is 9.80 Å². The molecular formula is C19H14N2O4S. The first-order valence-corrected chi connectivity index (χ1v) is 8.72. The molecule has 2 aliphatic heterocycles. The van der Waals surface area contributed by atoms with E-state index in [9.17, 15) is 19.5 Å². The fraction of sp³-hybridized carbons (Fsp3) is 0.105.